The van der Waals surface area contributed by atoms with Gasteiger partial charge in [-0.15, -0.1) is 0 Å². The molecule has 0 aliphatic rings. The molecule has 3 rings (SSSR count). The summed E-state index contributed by atoms with van der Waals surface area (Å²) >= 11 is 1.35. The Kier molecular flexibility index (Phi) is 5.89. The lowest BCUT2D eigenvalue weighted by atomic mass is 10.1. The first-order valence-corrected chi connectivity index (χ1v) is 8.95. The second-order valence-corrected chi connectivity index (χ2v) is 6.64. The Labute approximate surface area is 161 Å². The number of nitrogens with zero attached hydrogens (tertiary/aromatic N) is 2. The van der Waals surface area contributed by atoms with E-state index in [1.54, 1.807) is 48.5 Å². The molecule has 0 amide bonds. The van der Waals surface area contributed by atoms with Gasteiger partial charge in [-0.05, 0) is 30.3 Å². The van der Waals surface area contributed by atoms with Crippen molar-refractivity contribution in [1.82, 2.24) is 0 Å². The van der Waals surface area contributed by atoms with Gasteiger partial charge in [-0.2, -0.15) is 10.5 Å². The molecule has 0 aliphatic carbocycles. The maximum Gasteiger partial charge on any atom is 0.339 e. The van der Waals surface area contributed by atoms with Gasteiger partial charge in [-0.1, -0.05) is 54.2 Å². The van der Waals surface area contributed by atoms with E-state index in [0.29, 0.717) is 27.1 Å². The van der Waals surface area contributed by atoms with Crippen molar-refractivity contribution in [2.75, 3.05) is 0 Å². The summed E-state index contributed by atoms with van der Waals surface area (Å²) in [6.45, 7) is 0.0242. The van der Waals surface area contributed by atoms with Crippen LogP contribution in [0.25, 0.3) is 0 Å². The van der Waals surface area contributed by atoms with E-state index in [4.69, 9.17) is 10.00 Å². The van der Waals surface area contributed by atoms with E-state index >= 15 is 0 Å². The quantitative estimate of drug-likeness (QED) is 0.595. The summed E-state index contributed by atoms with van der Waals surface area (Å²) in [5.74, 6) is -0.472. The van der Waals surface area contributed by atoms with Gasteiger partial charge in [-0.25, -0.2) is 4.79 Å². The summed E-state index contributed by atoms with van der Waals surface area (Å²) < 4.78 is 5.42. The van der Waals surface area contributed by atoms with Crippen molar-refractivity contribution >= 4 is 17.7 Å². The lowest BCUT2D eigenvalue weighted by Crippen LogP contribution is -2.07. The van der Waals surface area contributed by atoms with Crippen LogP contribution < -0.4 is 0 Å². The smallest absolute Gasteiger partial charge is 0.339 e. The Morgan fingerprint density at radius 2 is 1.41 bits per heavy atom. The Morgan fingerprint density at radius 1 is 0.815 bits per heavy atom. The molecule has 0 N–H and O–H groups in total. The highest BCUT2D eigenvalue weighted by Gasteiger charge is 2.15. The molecular weight excluding hydrogens is 356 g/mol. The SMILES string of the molecule is N#Cc1ccccc1COC(=O)c1ccccc1Sc1ccccc1C#N. The minimum Gasteiger partial charge on any atom is -0.457 e. The van der Waals surface area contributed by atoms with E-state index < -0.39 is 5.97 Å². The van der Waals surface area contributed by atoms with Crippen LogP contribution in [0.5, 0.6) is 0 Å². The zero-order chi connectivity index (χ0) is 19.1. The predicted molar refractivity (Wildman–Crippen MR) is 102 cm³/mol. The van der Waals surface area contributed by atoms with Crippen molar-refractivity contribution in [2.45, 2.75) is 16.4 Å². The monoisotopic (exact) mass is 370 g/mol. The topological polar surface area (TPSA) is 73.9 Å². The maximum absolute atomic E-state index is 12.6. The van der Waals surface area contributed by atoms with Gasteiger partial charge >= 0.3 is 5.97 Å². The average Bonchev–Trinajstić information content (AvgIpc) is 2.73. The summed E-state index contributed by atoms with van der Waals surface area (Å²) in [6.07, 6.45) is 0. The van der Waals surface area contributed by atoms with Crippen LogP contribution in [-0.4, -0.2) is 5.97 Å². The average molecular weight is 370 g/mol. The van der Waals surface area contributed by atoms with E-state index in [-0.39, 0.29) is 6.61 Å². The van der Waals surface area contributed by atoms with Crippen molar-refractivity contribution < 1.29 is 9.53 Å². The second-order valence-electron chi connectivity index (χ2n) is 5.55. The molecule has 4 nitrogen and oxygen atoms in total. The van der Waals surface area contributed by atoms with Gasteiger partial charge in [0.15, 0.2) is 0 Å². The van der Waals surface area contributed by atoms with Gasteiger partial charge in [0.2, 0.25) is 0 Å². The number of hydrogen-bond donors (Lipinski definition) is 0. The third kappa shape index (κ3) is 4.36. The molecule has 0 radical (unpaired) electrons. The normalized spacial score (nSPS) is 9.85. The molecule has 0 aromatic heterocycles. The molecule has 0 bridgehead atoms. The van der Waals surface area contributed by atoms with Crippen LogP contribution in [-0.2, 0) is 11.3 Å². The summed E-state index contributed by atoms with van der Waals surface area (Å²) in [7, 11) is 0. The van der Waals surface area contributed by atoms with Gasteiger partial charge in [0.1, 0.15) is 12.7 Å². The summed E-state index contributed by atoms with van der Waals surface area (Å²) in [6, 6.07) is 25.6. The van der Waals surface area contributed by atoms with Gasteiger partial charge in [0.05, 0.1) is 22.8 Å². The van der Waals surface area contributed by atoms with Gasteiger partial charge < -0.3 is 4.74 Å². The molecule has 0 spiro atoms. The molecule has 0 fully saturated rings. The zero-order valence-corrected chi connectivity index (χ0v) is 15.1. The number of ether oxygens (including phenoxy) is 1. The fourth-order valence-corrected chi connectivity index (χ4v) is 3.48. The molecule has 0 saturated carbocycles. The van der Waals surface area contributed by atoms with Gasteiger partial charge in [0, 0.05) is 15.4 Å². The van der Waals surface area contributed by atoms with Crippen LogP contribution in [0.3, 0.4) is 0 Å². The van der Waals surface area contributed by atoms with Crippen molar-refractivity contribution in [1.29, 1.82) is 10.5 Å². The molecule has 27 heavy (non-hydrogen) atoms. The minimum absolute atomic E-state index is 0.0242. The lowest BCUT2D eigenvalue weighted by Gasteiger charge is -2.10. The molecule has 0 heterocycles. The standard InChI is InChI=1S/C22H14N2O2S/c23-13-16-7-1-2-9-18(16)15-26-22(25)19-10-4-6-12-21(19)27-20-11-5-3-8-17(20)14-24/h1-12H,15H2. The molecule has 3 aromatic carbocycles. The molecular formula is C22H14N2O2S. The fourth-order valence-electron chi connectivity index (χ4n) is 2.47. The number of carbonyl (C=O) groups is 1. The van der Waals surface area contributed by atoms with Crippen molar-refractivity contribution in [3.63, 3.8) is 0 Å². The number of rotatable bonds is 5. The molecule has 130 valence electrons. The van der Waals surface area contributed by atoms with E-state index in [1.807, 2.05) is 24.3 Å². The number of esters is 1. The molecule has 0 unspecified atom stereocenters. The van der Waals surface area contributed by atoms with E-state index in [1.165, 1.54) is 11.8 Å². The van der Waals surface area contributed by atoms with E-state index in [0.717, 1.165) is 4.90 Å². The summed E-state index contributed by atoms with van der Waals surface area (Å²) in [5, 5.41) is 18.4. The van der Waals surface area contributed by atoms with Crippen LogP contribution in [0.1, 0.15) is 27.0 Å². The number of hydrogen-bond acceptors (Lipinski definition) is 5. The number of benzene rings is 3. The first kappa shape index (κ1) is 18.3. The molecule has 0 saturated heterocycles. The minimum atomic E-state index is -0.472. The van der Waals surface area contributed by atoms with Crippen LogP contribution >= 0.6 is 11.8 Å². The second kappa shape index (κ2) is 8.71. The maximum atomic E-state index is 12.6. The van der Waals surface area contributed by atoms with Crippen LogP contribution in [0.15, 0.2) is 82.6 Å². The largest absolute Gasteiger partial charge is 0.457 e. The first-order chi connectivity index (χ1) is 13.2. The first-order valence-electron chi connectivity index (χ1n) is 8.14. The lowest BCUT2D eigenvalue weighted by molar-refractivity contribution is 0.0468. The highest BCUT2D eigenvalue weighted by molar-refractivity contribution is 7.99. The van der Waals surface area contributed by atoms with Crippen molar-refractivity contribution in [3.05, 3.63) is 95.1 Å². The number of nitriles is 2. The van der Waals surface area contributed by atoms with E-state index in [9.17, 15) is 10.1 Å². The van der Waals surface area contributed by atoms with Crippen LogP contribution in [0.2, 0.25) is 0 Å². The molecule has 3 aromatic rings. The number of carbonyl (C=O) groups excluding carboxylic acids is 1. The van der Waals surface area contributed by atoms with E-state index in [2.05, 4.69) is 12.1 Å². The summed E-state index contributed by atoms with van der Waals surface area (Å²) in [5.41, 5.74) is 2.11. The predicted octanol–water partition coefficient (Wildman–Crippen LogP) is 4.94. The Bertz CT molecular complexity index is 1060. The highest BCUT2D eigenvalue weighted by Crippen LogP contribution is 2.33. The Morgan fingerprint density at radius 3 is 2.15 bits per heavy atom. The van der Waals surface area contributed by atoms with Crippen LogP contribution in [0, 0.1) is 22.7 Å². The van der Waals surface area contributed by atoms with Gasteiger partial charge in [-0.3, -0.25) is 0 Å². The zero-order valence-electron chi connectivity index (χ0n) is 14.3. The Hall–Kier alpha value is -3.54. The van der Waals surface area contributed by atoms with Gasteiger partial charge in [0.25, 0.3) is 0 Å². The Balaban J connectivity index is 1.80. The van der Waals surface area contributed by atoms with Crippen LogP contribution in [0.4, 0.5) is 0 Å². The van der Waals surface area contributed by atoms with Crippen molar-refractivity contribution in [3.8, 4) is 12.1 Å². The molecule has 5 heteroatoms. The summed E-state index contributed by atoms with van der Waals surface area (Å²) in [4.78, 5) is 14.1. The molecule has 0 atom stereocenters. The highest BCUT2D eigenvalue weighted by atomic mass is 32.2. The third-order valence-electron chi connectivity index (χ3n) is 3.83. The van der Waals surface area contributed by atoms with Crippen molar-refractivity contribution in [2.24, 2.45) is 0 Å². The molecule has 0 aliphatic heterocycles. The third-order valence-corrected chi connectivity index (χ3v) is 4.98. The fraction of sp³-hybridized carbons (Fsp3) is 0.0455.